The molecule has 0 aliphatic heterocycles. The average molecular weight is 246 g/mol. The zero-order valence-electron chi connectivity index (χ0n) is 10.4. The molecule has 5 heteroatoms. The fourth-order valence-corrected chi connectivity index (χ4v) is 3.18. The van der Waals surface area contributed by atoms with Crippen molar-refractivity contribution in [1.29, 1.82) is 0 Å². The van der Waals surface area contributed by atoms with Crippen LogP contribution in [0.3, 0.4) is 0 Å². The van der Waals surface area contributed by atoms with Crippen LogP contribution in [0.4, 0.5) is 0 Å². The van der Waals surface area contributed by atoms with Gasteiger partial charge in [0.05, 0.1) is 6.10 Å². The van der Waals surface area contributed by atoms with Crippen molar-refractivity contribution >= 4 is 15.3 Å². The van der Waals surface area contributed by atoms with E-state index in [1.54, 1.807) is 0 Å². The van der Waals surface area contributed by atoms with Gasteiger partial charge in [0.2, 0.25) is 0 Å². The molecule has 0 aliphatic carbocycles. The molecule has 0 aromatic carbocycles. The number of hydrogen-bond donors (Lipinski definition) is 0. The van der Waals surface area contributed by atoms with Crippen molar-refractivity contribution in [2.45, 2.75) is 39.3 Å². The molecule has 0 N–H and O–H groups in total. The maximum absolute atomic E-state index is 10.9. The van der Waals surface area contributed by atoms with Crippen LogP contribution >= 0.6 is 0 Å². The summed E-state index contributed by atoms with van der Waals surface area (Å²) in [7, 11) is -1.56. The van der Waals surface area contributed by atoms with Crippen molar-refractivity contribution in [3.05, 3.63) is 12.7 Å². The van der Waals surface area contributed by atoms with Crippen LogP contribution in [-0.2, 0) is 18.4 Å². The summed E-state index contributed by atoms with van der Waals surface area (Å²) in [6.45, 7) is 10.5. The molecule has 4 nitrogen and oxygen atoms in total. The van der Waals surface area contributed by atoms with Crippen molar-refractivity contribution in [3.63, 3.8) is 0 Å². The summed E-state index contributed by atoms with van der Waals surface area (Å²) in [6, 6.07) is 0.854. The van der Waals surface area contributed by atoms with Gasteiger partial charge in [0.25, 0.3) is 0 Å². The van der Waals surface area contributed by atoms with Gasteiger partial charge in [0.1, 0.15) is 0 Å². The van der Waals surface area contributed by atoms with E-state index in [2.05, 4.69) is 6.58 Å². The van der Waals surface area contributed by atoms with Crippen molar-refractivity contribution in [3.8, 4) is 0 Å². The van der Waals surface area contributed by atoms with Gasteiger partial charge in [0, 0.05) is 19.3 Å². The first-order valence-electron chi connectivity index (χ1n) is 5.70. The van der Waals surface area contributed by atoms with Crippen molar-refractivity contribution in [2.75, 3.05) is 13.2 Å². The van der Waals surface area contributed by atoms with Crippen LogP contribution in [-0.4, -0.2) is 34.6 Å². The third-order valence-electron chi connectivity index (χ3n) is 2.00. The van der Waals surface area contributed by atoms with E-state index in [9.17, 15) is 4.79 Å². The molecule has 0 bridgehead atoms. The summed E-state index contributed by atoms with van der Waals surface area (Å²) in [4.78, 5) is 10.9. The lowest BCUT2D eigenvalue weighted by Gasteiger charge is -2.17. The Balaban J connectivity index is 3.80. The Kier molecular flexibility index (Phi) is 9.17. The van der Waals surface area contributed by atoms with Crippen molar-refractivity contribution in [1.82, 2.24) is 0 Å². The summed E-state index contributed by atoms with van der Waals surface area (Å²) in [5, 5.41) is 0. The molecule has 94 valence electrons. The number of rotatable bonds is 9. The van der Waals surface area contributed by atoms with E-state index in [-0.39, 0.29) is 12.1 Å². The Morgan fingerprint density at radius 2 is 1.94 bits per heavy atom. The minimum absolute atomic E-state index is 0.110. The first kappa shape index (κ1) is 15.3. The van der Waals surface area contributed by atoms with Gasteiger partial charge in [-0.2, -0.15) is 0 Å². The molecule has 0 radical (unpaired) electrons. The van der Waals surface area contributed by atoms with E-state index in [0.29, 0.717) is 13.2 Å². The topological polar surface area (TPSA) is 44.8 Å². The Morgan fingerprint density at radius 3 is 2.38 bits per heavy atom. The summed E-state index contributed by atoms with van der Waals surface area (Å²) in [5.74, 6) is -0.376. The second-order valence-corrected chi connectivity index (χ2v) is 5.47. The third kappa shape index (κ3) is 7.61. The quantitative estimate of drug-likeness (QED) is 0.353. The lowest BCUT2D eigenvalue weighted by molar-refractivity contribution is -0.142. The molecule has 0 spiro atoms. The van der Waals surface area contributed by atoms with E-state index in [0.717, 1.165) is 12.5 Å². The number of esters is 1. The van der Waals surface area contributed by atoms with Gasteiger partial charge in [-0.15, -0.1) is 0 Å². The van der Waals surface area contributed by atoms with Crippen LogP contribution in [0.15, 0.2) is 12.7 Å². The van der Waals surface area contributed by atoms with Crippen molar-refractivity contribution < 1.29 is 18.4 Å². The van der Waals surface area contributed by atoms with Crippen LogP contribution in [0.2, 0.25) is 6.04 Å². The monoisotopic (exact) mass is 246 g/mol. The molecular formula is C11H22O4Si. The maximum Gasteiger partial charge on any atom is 0.330 e. The maximum atomic E-state index is 10.9. The molecule has 0 rings (SSSR count). The Hall–Kier alpha value is -0.653. The summed E-state index contributed by atoms with van der Waals surface area (Å²) < 4.78 is 16.1. The summed E-state index contributed by atoms with van der Waals surface area (Å²) in [5.41, 5.74) is 0. The van der Waals surface area contributed by atoms with Crippen LogP contribution in [0, 0.1) is 0 Å². The molecule has 0 heterocycles. The highest BCUT2D eigenvalue weighted by Crippen LogP contribution is 2.08. The van der Waals surface area contributed by atoms with E-state index in [1.165, 1.54) is 6.08 Å². The fraction of sp³-hybridized carbons (Fsp3) is 0.727. The zero-order chi connectivity index (χ0) is 12.4. The van der Waals surface area contributed by atoms with E-state index >= 15 is 0 Å². The van der Waals surface area contributed by atoms with E-state index < -0.39 is 9.28 Å². The standard InChI is InChI=1S/C11H22O4Si/c1-5-11(12)15-10(4)8-9-16(13-6-2)14-7-3/h5,10,16H,1,6-9H2,2-4H3. The number of ether oxygens (including phenoxy) is 1. The molecule has 0 saturated carbocycles. The van der Waals surface area contributed by atoms with Crippen molar-refractivity contribution in [2.24, 2.45) is 0 Å². The number of carbonyl (C=O) groups is 1. The first-order valence-corrected chi connectivity index (χ1v) is 7.46. The highest BCUT2D eigenvalue weighted by molar-refractivity contribution is 6.44. The third-order valence-corrected chi connectivity index (χ3v) is 4.21. The zero-order valence-corrected chi connectivity index (χ0v) is 11.6. The average Bonchev–Trinajstić information content (AvgIpc) is 2.26. The molecule has 16 heavy (non-hydrogen) atoms. The number of hydrogen-bond acceptors (Lipinski definition) is 4. The molecule has 0 aromatic heterocycles. The lowest BCUT2D eigenvalue weighted by atomic mass is 10.3. The first-order chi connectivity index (χ1) is 7.63. The summed E-state index contributed by atoms with van der Waals surface area (Å²) >= 11 is 0. The van der Waals surface area contributed by atoms with Gasteiger partial charge in [0.15, 0.2) is 0 Å². The molecule has 1 atom stereocenters. The minimum Gasteiger partial charge on any atom is -0.460 e. The molecule has 0 aliphatic rings. The highest BCUT2D eigenvalue weighted by Gasteiger charge is 2.15. The van der Waals surface area contributed by atoms with Gasteiger partial charge in [-0.25, -0.2) is 4.79 Å². The highest BCUT2D eigenvalue weighted by atomic mass is 28.3. The van der Waals surface area contributed by atoms with E-state index in [1.807, 2.05) is 20.8 Å². The van der Waals surface area contributed by atoms with Gasteiger partial charge < -0.3 is 13.6 Å². The molecule has 0 amide bonds. The SMILES string of the molecule is C=CC(=O)OC(C)CC[SiH](OCC)OCC. The molecule has 0 fully saturated rings. The smallest absolute Gasteiger partial charge is 0.330 e. The molecule has 1 unspecified atom stereocenters. The second kappa shape index (κ2) is 9.56. The predicted molar refractivity (Wildman–Crippen MR) is 65.6 cm³/mol. The molecule has 0 aromatic rings. The lowest BCUT2D eigenvalue weighted by Crippen LogP contribution is -2.25. The molecule has 0 saturated heterocycles. The Bertz CT molecular complexity index is 202. The van der Waals surface area contributed by atoms with Crippen LogP contribution in [0.25, 0.3) is 0 Å². The normalized spacial score (nSPS) is 12.5. The fourth-order valence-electron chi connectivity index (χ4n) is 1.26. The number of carbonyl (C=O) groups excluding carboxylic acids is 1. The minimum atomic E-state index is -1.56. The molecular weight excluding hydrogens is 224 g/mol. The summed E-state index contributed by atoms with van der Waals surface area (Å²) in [6.07, 6.45) is 1.84. The van der Waals surface area contributed by atoms with E-state index in [4.69, 9.17) is 13.6 Å². The van der Waals surface area contributed by atoms with Crippen LogP contribution < -0.4 is 0 Å². The van der Waals surface area contributed by atoms with Gasteiger partial charge in [-0.3, -0.25) is 0 Å². The Labute approximate surface area is 99.4 Å². The largest absolute Gasteiger partial charge is 0.460 e. The Morgan fingerprint density at radius 1 is 1.38 bits per heavy atom. The van der Waals surface area contributed by atoms with Crippen LogP contribution in [0.1, 0.15) is 27.2 Å². The predicted octanol–water partition coefficient (Wildman–Crippen LogP) is 1.79. The van der Waals surface area contributed by atoms with Gasteiger partial charge in [-0.05, 0) is 33.2 Å². The van der Waals surface area contributed by atoms with Crippen LogP contribution in [0.5, 0.6) is 0 Å². The second-order valence-electron chi connectivity index (χ2n) is 3.37. The van der Waals surface area contributed by atoms with Gasteiger partial charge >= 0.3 is 15.3 Å². The van der Waals surface area contributed by atoms with Gasteiger partial charge in [-0.1, -0.05) is 6.58 Å².